The molecule has 0 bridgehead atoms. The van der Waals surface area contributed by atoms with Crippen molar-refractivity contribution in [1.29, 1.82) is 0 Å². The highest BCUT2D eigenvalue weighted by Crippen LogP contribution is 2.32. The van der Waals surface area contributed by atoms with Gasteiger partial charge in [0.2, 0.25) is 0 Å². The number of fused-ring (bicyclic) bond motifs is 1. The molecule has 17 heavy (non-hydrogen) atoms. The van der Waals surface area contributed by atoms with Crippen molar-refractivity contribution in [3.8, 4) is 0 Å². The van der Waals surface area contributed by atoms with E-state index in [1.807, 2.05) is 0 Å². The van der Waals surface area contributed by atoms with Crippen LogP contribution in [0.25, 0.3) is 10.9 Å². The summed E-state index contributed by atoms with van der Waals surface area (Å²) in [5.74, 6) is 0.818. The fourth-order valence-corrected chi connectivity index (χ4v) is 2.06. The molecule has 2 N–H and O–H groups in total. The summed E-state index contributed by atoms with van der Waals surface area (Å²) in [5, 5.41) is 0.614. The van der Waals surface area contributed by atoms with Crippen LogP contribution >= 0.6 is 0 Å². The van der Waals surface area contributed by atoms with Crippen molar-refractivity contribution >= 4 is 16.6 Å². The molecule has 1 aliphatic rings. The minimum Gasteiger partial charge on any atom is -0.399 e. The van der Waals surface area contributed by atoms with Gasteiger partial charge in [0.05, 0.1) is 17.2 Å². The highest BCUT2D eigenvalue weighted by atomic mass is 16.1. The molecule has 0 unspecified atom stereocenters. The third-order valence-electron chi connectivity index (χ3n) is 3.32. The van der Waals surface area contributed by atoms with E-state index in [9.17, 15) is 4.79 Å². The summed E-state index contributed by atoms with van der Waals surface area (Å²) in [6.45, 7) is 0.765. The van der Waals surface area contributed by atoms with Crippen molar-refractivity contribution in [1.82, 2.24) is 9.55 Å². The second-order valence-corrected chi connectivity index (χ2v) is 4.75. The van der Waals surface area contributed by atoms with E-state index < -0.39 is 0 Å². The van der Waals surface area contributed by atoms with E-state index in [-0.39, 0.29) is 5.56 Å². The van der Waals surface area contributed by atoms with Crippen LogP contribution in [0.15, 0.2) is 29.3 Å². The van der Waals surface area contributed by atoms with Crippen LogP contribution in [-0.4, -0.2) is 9.55 Å². The highest BCUT2D eigenvalue weighted by Gasteiger charge is 2.20. The van der Waals surface area contributed by atoms with Gasteiger partial charge in [-0.1, -0.05) is 12.8 Å². The molecular weight excluding hydrogens is 214 g/mol. The lowest BCUT2D eigenvalue weighted by atomic mass is 10.2. The molecule has 0 radical (unpaired) electrons. The Hall–Kier alpha value is -1.84. The zero-order valence-corrected chi connectivity index (χ0v) is 9.60. The SMILES string of the molecule is Nc1ccc2ncn(CCC3CC3)c(=O)c2c1. The van der Waals surface area contributed by atoms with Gasteiger partial charge in [-0.05, 0) is 30.5 Å². The van der Waals surface area contributed by atoms with Gasteiger partial charge in [-0.2, -0.15) is 0 Å². The van der Waals surface area contributed by atoms with E-state index in [1.165, 1.54) is 12.8 Å². The zero-order valence-electron chi connectivity index (χ0n) is 9.60. The zero-order chi connectivity index (χ0) is 11.8. The number of nitrogens with two attached hydrogens (primary N) is 1. The van der Waals surface area contributed by atoms with Crippen molar-refractivity contribution in [2.45, 2.75) is 25.8 Å². The Morgan fingerprint density at radius 1 is 1.41 bits per heavy atom. The molecule has 3 rings (SSSR count). The number of hydrogen-bond donors (Lipinski definition) is 1. The van der Waals surface area contributed by atoms with Crippen LogP contribution in [0.1, 0.15) is 19.3 Å². The summed E-state index contributed by atoms with van der Waals surface area (Å²) in [4.78, 5) is 16.5. The molecule has 0 saturated heterocycles. The lowest BCUT2D eigenvalue weighted by Crippen LogP contribution is -2.21. The molecule has 1 heterocycles. The van der Waals surface area contributed by atoms with Crippen LogP contribution in [0.4, 0.5) is 5.69 Å². The molecule has 1 aliphatic carbocycles. The van der Waals surface area contributed by atoms with Crippen molar-refractivity contribution in [2.24, 2.45) is 5.92 Å². The smallest absolute Gasteiger partial charge is 0.261 e. The van der Waals surface area contributed by atoms with Crippen molar-refractivity contribution in [3.05, 3.63) is 34.9 Å². The van der Waals surface area contributed by atoms with Gasteiger partial charge in [-0.15, -0.1) is 0 Å². The minimum atomic E-state index is 0.0166. The van der Waals surface area contributed by atoms with E-state index >= 15 is 0 Å². The number of rotatable bonds is 3. The first-order valence-corrected chi connectivity index (χ1v) is 5.99. The van der Waals surface area contributed by atoms with Crippen molar-refractivity contribution < 1.29 is 0 Å². The van der Waals surface area contributed by atoms with Crippen molar-refractivity contribution in [3.63, 3.8) is 0 Å². The maximum atomic E-state index is 12.2. The van der Waals surface area contributed by atoms with Gasteiger partial charge in [0, 0.05) is 12.2 Å². The van der Waals surface area contributed by atoms with Gasteiger partial charge in [0.25, 0.3) is 5.56 Å². The Balaban J connectivity index is 2.01. The molecule has 0 spiro atoms. The number of benzene rings is 1. The molecule has 1 saturated carbocycles. The normalized spacial score (nSPS) is 15.3. The summed E-state index contributed by atoms with van der Waals surface area (Å²) in [7, 11) is 0. The van der Waals surface area contributed by atoms with Crippen LogP contribution in [0.5, 0.6) is 0 Å². The van der Waals surface area contributed by atoms with Gasteiger partial charge in [0.1, 0.15) is 0 Å². The second-order valence-electron chi connectivity index (χ2n) is 4.75. The minimum absolute atomic E-state index is 0.0166. The Morgan fingerprint density at radius 3 is 3.00 bits per heavy atom. The third kappa shape index (κ3) is 2.02. The standard InChI is InChI=1S/C13H15N3O/c14-10-3-4-12-11(7-10)13(17)16(8-15-12)6-5-9-1-2-9/h3-4,7-9H,1-2,5-6,14H2. The van der Waals surface area contributed by atoms with Gasteiger partial charge in [-0.25, -0.2) is 4.98 Å². The van der Waals surface area contributed by atoms with Crippen LogP contribution in [0.3, 0.4) is 0 Å². The Kier molecular flexibility index (Phi) is 2.35. The lowest BCUT2D eigenvalue weighted by molar-refractivity contribution is 0.578. The number of nitrogen functional groups attached to an aromatic ring is 1. The fourth-order valence-electron chi connectivity index (χ4n) is 2.06. The first kappa shape index (κ1) is 10.3. The fraction of sp³-hybridized carbons (Fsp3) is 0.385. The van der Waals surface area contributed by atoms with Gasteiger partial charge < -0.3 is 5.73 Å². The number of aromatic nitrogens is 2. The summed E-state index contributed by atoms with van der Waals surface area (Å²) < 4.78 is 1.69. The first-order valence-electron chi connectivity index (χ1n) is 5.99. The Morgan fingerprint density at radius 2 is 2.24 bits per heavy atom. The first-order chi connectivity index (χ1) is 8.24. The van der Waals surface area contributed by atoms with Gasteiger partial charge in [-0.3, -0.25) is 9.36 Å². The second kappa shape index (κ2) is 3.87. The molecule has 4 heteroatoms. The molecule has 1 fully saturated rings. The molecule has 0 amide bonds. The maximum absolute atomic E-state index is 12.2. The van der Waals surface area contributed by atoms with Crippen LogP contribution in [0, 0.1) is 5.92 Å². The average molecular weight is 229 g/mol. The number of hydrogen-bond acceptors (Lipinski definition) is 3. The summed E-state index contributed by atoms with van der Waals surface area (Å²) in [5.41, 5.74) is 7.04. The van der Waals surface area contributed by atoms with Crippen LogP contribution < -0.4 is 11.3 Å². The lowest BCUT2D eigenvalue weighted by Gasteiger charge is -2.06. The summed E-state index contributed by atoms with van der Waals surface area (Å²) in [6, 6.07) is 5.26. The molecule has 0 atom stereocenters. The number of aryl methyl sites for hydroxylation is 1. The molecule has 1 aromatic heterocycles. The summed E-state index contributed by atoms with van der Waals surface area (Å²) >= 11 is 0. The molecule has 2 aromatic rings. The van der Waals surface area contributed by atoms with E-state index in [0.29, 0.717) is 16.6 Å². The monoisotopic (exact) mass is 229 g/mol. The summed E-state index contributed by atoms with van der Waals surface area (Å²) in [6.07, 6.45) is 5.34. The molecule has 1 aromatic carbocycles. The average Bonchev–Trinajstić information content (AvgIpc) is 3.13. The van der Waals surface area contributed by atoms with E-state index in [0.717, 1.165) is 18.9 Å². The molecule has 0 aliphatic heterocycles. The molecular formula is C13H15N3O. The van der Waals surface area contributed by atoms with Gasteiger partial charge in [0.15, 0.2) is 0 Å². The predicted molar refractivity (Wildman–Crippen MR) is 67.8 cm³/mol. The Labute approximate surface area is 99.1 Å². The van der Waals surface area contributed by atoms with E-state index in [1.54, 1.807) is 29.1 Å². The molecule has 4 nitrogen and oxygen atoms in total. The van der Waals surface area contributed by atoms with E-state index in [4.69, 9.17) is 5.73 Å². The topological polar surface area (TPSA) is 60.9 Å². The predicted octanol–water partition coefficient (Wildman–Crippen LogP) is 1.78. The van der Waals surface area contributed by atoms with Gasteiger partial charge >= 0.3 is 0 Å². The largest absolute Gasteiger partial charge is 0.399 e. The number of anilines is 1. The maximum Gasteiger partial charge on any atom is 0.261 e. The quantitative estimate of drug-likeness (QED) is 0.816. The number of nitrogens with zero attached hydrogens (tertiary/aromatic N) is 2. The third-order valence-corrected chi connectivity index (χ3v) is 3.32. The van der Waals surface area contributed by atoms with Crippen molar-refractivity contribution in [2.75, 3.05) is 5.73 Å². The van der Waals surface area contributed by atoms with Crippen LogP contribution in [-0.2, 0) is 6.54 Å². The Bertz CT molecular complexity index is 614. The van der Waals surface area contributed by atoms with Crippen LogP contribution in [0.2, 0.25) is 0 Å². The molecule has 88 valence electrons. The van der Waals surface area contributed by atoms with E-state index in [2.05, 4.69) is 4.98 Å². The highest BCUT2D eigenvalue weighted by molar-refractivity contribution is 5.80.